The van der Waals surface area contributed by atoms with Gasteiger partial charge >= 0.3 is 0 Å². The Balaban J connectivity index is 2.52. The van der Waals surface area contributed by atoms with Crippen LogP contribution in [0.2, 0.25) is 5.02 Å². The van der Waals surface area contributed by atoms with Gasteiger partial charge in [0, 0.05) is 21.5 Å². The molecule has 21 heavy (non-hydrogen) atoms. The van der Waals surface area contributed by atoms with Gasteiger partial charge in [-0.3, -0.25) is 0 Å². The van der Waals surface area contributed by atoms with Gasteiger partial charge < -0.3 is 5.73 Å². The number of nitrogen functional groups attached to an aromatic ring is 1. The maximum Gasteiger partial charge on any atom is 0.142 e. The van der Waals surface area contributed by atoms with Crippen LogP contribution in [0.4, 0.5) is 10.2 Å². The second-order valence-electron chi connectivity index (χ2n) is 4.50. The number of aromatic nitrogens is 1. The second-order valence-corrected chi connectivity index (χ2v) is 4.94. The molecule has 1 aromatic heterocycles. The van der Waals surface area contributed by atoms with Gasteiger partial charge in [-0.05, 0) is 24.3 Å². The summed E-state index contributed by atoms with van der Waals surface area (Å²) in [6, 6.07) is 13.3. The molecule has 0 saturated carbocycles. The van der Waals surface area contributed by atoms with Crippen molar-refractivity contribution in [2.45, 2.75) is 0 Å². The Hall–Kier alpha value is -2.64. The first-order valence-electron chi connectivity index (χ1n) is 6.15. The van der Waals surface area contributed by atoms with Gasteiger partial charge in [-0.25, -0.2) is 9.37 Å². The second kappa shape index (κ2) is 5.04. The first-order chi connectivity index (χ1) is 10.1. The number of hydrogen-bond acceptors (Lipinski definition) is 3. The van der Waals surface area contributed by atoms with E-state index in [4.69, 9.17) is 17.3 Å². The Morgan fingerprint density at radius 2 is 1.95 bits per heavy atom. The van der Waals surface area contributed by atoms with Crippen LogP contribution in [0.5, 0.6) is 0 Å². The number of anilines is 1. The molecule has 3 nitrogen and oxygen atoms in total. The molecule has 0 unspecified atom stereocenters. The zero-order valence-corrected chi connectivity index (χ0v) is 11.5. The Labute approximate surface area is 125 Å². The molecule has 0 aliphatic heterocycles. The lowest BCUT2D eigenvalue weighted by Crippen LogP contribution is -2.00. The van der Waals surface area contributed by atoms with Crippen molar-refractivity contribution < 1.29 is 4.39 Å². The summed E-state index contributed by atoms with van der Waals surface area (Å²) in [5.74, 6) is -0.355. The molecule has 3 rings (SSSR count). The predicted molar refractivity (Wildman–Crippen MR) is 81.3 cm³/mol. The summed E-state index contributed by atoms with van der Waals surface area (Å²) in [6.45, 7) is 0. The van der Waals surface area contributed by atoms with E-state index < -0.39 is 5.82 Å². The minimum Gasteiger partial charge on any atom is -0.383 e. The minimum atomic E-state index is -0.430. The number of rotatable bonds is 1. The summed E-state index contributed by atoms with van der Waals surface area (Å²) >= 11 is 6.02. The van der Waals surface area contributed by atoms with Crippen LogP contribution in [0.3, 0.4) is 0 Å². The van der Waals surface area contributed by atoms with E-state index in [2.05, 4.69) is 4.98 Å². The fourth-order valence-corrected chi connectivity index (χ4v) is 2.48. The first kappa shape index (κ1) is 13.3. The smallest absolute Gasteiger partial charge is 0.142 e. The predicted octanol–water partition coefficient (Wildman–Crippen LogP) is 4.15. The monoisotopic (exact) mass is 297 g/mol. The molecule has 0 atom stereocenters. The fraction of sp³-hybridized carbons (Fsp3) is 0. The lowest BCUT2D eigenvalue weighted by atomic mass is 9.96. The summed E-state index contributed by atoms with van der Waals surface area (Å²) in [5.41, 5.74) is 7.26. The van der Waals surface area contributed by atoms with Gasteiger partial charge in [0.05, 0.1) is 5.52 Å². The van der Waals surface area contributed by atoms with Crippen molar-refractivity contribution in [3.05, 3.63) is 58.9 Å². The van der Waals surface area contributed by atoms with Crippen molar-refractivity contribution in [2.24, 2.45) is 0 Å². The van der Waals surface area contributed by atoms with Crippen LogP contribution < -0.4 is 5.73 Å². The van der Waals surface area contributed by atoms with Crippen LogP contribution in [0, 0.1) is 17.1 Å². The van der Waals surface area contributed by atoms with Crippen LogP contribution in [0.15, 0.2) is 42.5 Å². The third kappa shape index (κ3) is 2.18. The maximum atomic E-state index is 14.1. The molecule has 1 heterocycles. The zero-order valence-electron chi connectivity index (χ0n) is 10.8. The molecule has 0 radical (unpaired) electrons. The van der Waals surface area contributed by atoms with Gasteiger partial charge in [-0.1, -0.05) is 29.8 Å². The molecule has 3 aromatic rings. The van der Waals surface area contributed by atoms with Gasteiger partial charge in [0.25, 0.3) is 0 Å². The number of pyridine rings is 1. The van der Waals surface area contributed by atoms with E-state index in [1.165, 1.54) is 6.07 Å². The molecule has 0 bridgehead atoms. The highest BCUT2D eigenvalue weighted by molar-refractivity contribution is 6.31. The minimum absolute atomic E-state index is 0.0746. The molecule has 0 aliphatic carbocycles. The number of fused-ring (bicyclic) bond motifs is 1. The van der Waals surface area contributed by atoms with E-state index in [-0.39, 0.29) is 11.4 Å². The van der Waals surface area contributed by atoms with Gasteiger partial charge in [0.1, 0.15) is 23.3 Å². The van der Waals surface area contributed by atoms with E-state index in [0.29, 0.717) is 27.1 Å². The Morgan fingerprint density at radius 1 is 1.19 bits per heavy atom. The van der Waals surface area contributed by atoms with E-state index in [1.807, 2.05) is 6.07 Å². The first-order valence-corrected chi connectivity index (χ1v) is 6.53. The number of nitrogens with zero attached hydrogens (tertiary/aromatic N) is 2. The number of hydrogen-bond donors (Lipinski definition) is 1. The molecule has 0 amide bonds. The normalized spacial score (nSPS) is 10.5. The molecule has 0 aliphatic rings. The van der Waals surface area contributed by atoms with Crippen molar-refractivity contribution in [2.75, 3.05) is 5.73 Å². The third-order valence-electron chi connectivity index (χ3n) is 3.23. The number of nitrogens with two attached hydrogens (primary N) is 1. The standard InChI is InChI=1S/C16H9ClFN3/c17-9-5-6-14-11(7-9)15(12(8-19)16(20)21-14)10-3-1-2-4-13(10)18/h1-7H,(H2,20,21). The molecule has 0 spiro atoms. The number of benzene rings is 2. The summed E-state index contributed by atoms with van der Waals surface area (Å²) in [7, 11) is 0. The van der Waals surface area contributed by atoms with E-state index in [0.717, 1.165) is 0 Å². The Kier molecular flexibility index (Phi) is 3.20. The van der Waals surface area contributed by atoms with Gasteiger partial charge in [0.15, 0.2) is 0 Å². The zero-order chi connectivity index (χ0) is 15.0. The molecule has 2 N–H and O–H groups in total. The van der Waals surface area contributed by atoms with Crippen molar-refractivity contribution in [3.8, 4) is 17.2 Å². The van der Waals surface area contributed by atoms with Gasteiger partial charge in [-0.2, -0.15) is 5.26 Å². The van der Waals surface area contributed by atoms with E-state index in [9.17, 15) is 9.65 Å². The Morgan fingerprint density at radius 3 is 2.67 bits per heavy atom. The van der Waals surface area contributed by atoms with E-state index in [1.54, 1.807) is 36.4 Å². The van der Waals surface area contributed by atoms with Crippen molar-refractivity contribution >= 4 is 28.3 Å². The topological polar surface area (TPSA) is 62.7 Å². The summed E-state index contributed by atoms with van der Waals surface area (Å²) in [6.07, 6.45) is 0. The average molecular weight is 298 g/mol. The molecule has 0 saturated heterocycles. The summed E-state index contributed by atoms with van der Waals surface area (Å²) in [4.78, 5) is 4.18. The van der Waals surface area contributed by atoms with Crippen LogP contribution in [0.25, 0.3) is 22.0 Å². The molecule has 0 fully saturated rings. The van der Waals surface area contributed by atoms with Crippen molar-refractivity contribution in [1.29, 1.82) is 5.26 Å². The summed E-state index contributed by atoms with van der Waals surface area (Å²) < 4.78 is 14.1. The lowest BCUT2D eigenvalue weighted by molar-refractivity contribution is 0.631. The van der Waals surface area contributed by atoms with Crippen LogP contribution in [-0.2, 0) is 0 Å². The molecule has 2 aromatic carbocycles. The van der Waals surface area contributed by atoms with Gasteiger partial charge in [-0.15, -0.1) is 0 Å². The highest BCUT2D eigenvalue weighted by Crippen LogP contribution is 2.36. The SMILES string of the molecule is N#Cc1c(N)nc2ccc(Cl)cc2c1-c1ccccc1F. The lowest BCUT2D eigenvalue weighted by Gasteiger charge is -2.12. The quantitative estimate of drug-likeness (QED) is 0.734. The third-order valence-corrected chi connectivity index (χ3v) is 3.47. The van der Waals surface area contributed by atoms with Gasteiger partial charge in [0.2, 0.25) is 0 Å². The van der Waals surface area contributed by atoms with E-state index >= 15 is 0 Å². The number of nitriles is 1. The molecular formula is C16H9ClFN3. The maximum absolute atomic E-state index is 14.1. The highest BCUT2D eigenvalue weighted by Gasteiger charge is 2.17. The molecule has 5 heteroatoms. The summed E-state index contributed by atoms with van der Waals surface area (Å²) in [5, 5.41) is 10.4. The number of halogens is 2. The Bertz CT molecular complexity index is 900. The molecular weight excluding hydrogens is 289 g/mol. The molecule has 102 valence electrons. The van der Waals surface area contributed by atoms with Crippen LogP contribution in [-0.4, -0.2) is 4.98 Å². The van der Waals surface area contributed by atoms with Crippen LogP contribution in [0.1, 0.15) is 5.56 Å². The average Bonchev–Trinajstić information content (AvgIpc) is 2.47. The van der Waals surface area contributed by atoms with Crippen molar-refractivity contribution in [3.63, 3.8) is 0 Å². The largest absolute Gasteiger partial charge is 0.383 e. The van der Waals surface area contributed by atoms with Crippen LogP contribution >= 0.6 is 11.6 Å². The fourth-order valence-electron chi connectivity index (χ4n) is 2.31. The highest BCUT2D eigenvalue weighted by atomic mass is 35.5. The van der Waals surface area contributed by atoms with Crippen molar-refractivity contribution in [1.82, 2.24) is 4.98 Å².